The molecule has 0 bridgehead atoms. The van der Waals surface area contributed by atoms with Crippen LogP contribution in [0, 0.1) is 0 Å². The van der Waals surface area contributed by atoms with Gasteiger partial charge in [-0.2, -0.15) is 4.31 Å². The van der Waals surface area contributed by atoms with Crippen LogP contribution in [0.1, 0.15) is 12.0 Å². The number of ether oxygens (including phenoxy) is 3. The highest BCUT2D eigenvalue weighted by Crippen LogP contribution is 2.32. The van der Waals surface area contributed by atoms with E-state index in [9.17, 15) is 18.0 Å². The minimum atomic E-state index is -4.10. The molecule has 1 saturated heterocycles. The fourth-order valence-electron chi connectivity index (χ4n) is 4.29. The van der Waals surface area contributed by atoms with Gasteiger partial charge >= 0.3 is 0 Å². The Kier molecular flexibility index (Phi) is 7.80. The van der Waals surface area contributed by atoms with Crippen LogP contribution in [-0.2, 0) is 26.0 Å². The number of anilines is 1. The third-order valence-electron chi connectivity index (χ3n) is 6.22. The van der Waals surface area contributed by atoms with E-state index in [1.807, 2.05) is 0 Å². The minimum absolute atomic E-state index is 0.0210. The van der Waals surface area contributed by atoms with Gasteiger partial charge in [-0.15, -0.1) is 0 Å². The van der Waals surface area contributed by atoms with Crippen molar-refractivity contribution in [1.82, 2.24) is 4.31 Å². The molecule has 0 aliphatic carbocycles. The second-order valence-electron chi connectivity index (χ2n) is 8.35. The van der Waals surface area contributed by atoms with Crippen molar-refractivity contribution in [2.24, 2.45) is 0 Å². The minimum Gasteiger partial charge on any atom is -0.497 e. The number of carbonyl (C=O) groups excluding carboxylic acids is 2. The van der Waals surface area contributed by atoms with Gasteiger partial charge in [0, 0.05) is 6.54 Å². The molecule has 37 heavy (non-hydrogen) atoms. The number of benzene rings is 3. The van der Waals surface area contributed by atoms with Crippen molar-refractivity contribution < 1.29 is 32.2 Å². The summed E-state index contributed by atoms with van der Waals surface area (Å²) < 4.78 is 44.4. The van der Waals surface area contributed by atoms with Crippen molar-refractivity contribution in [3.05, 3.63) is 78.4 Å². The third-order valence-corrected chi connectivity index (χ3v) is 8.14. The third kappa shape index (κ3) is 5.30. The zero-order chi connectivity index (χ0) is 26.6. The summed E-state index contributed by atoms with van der Waals surface area (Å²) in [7, 11) is 0.467. The maximum Gasteiger partial charge on any atom is 0.252 e. The van der Waals surface area contributed by atoms with Gasteiger partial charge in [0.2, 0.25) is 15.9 Å². The lowest BCUT2D eigenvalue weighted by molar-refractivity contribution is -0.122. The van der Waals surface area contributed by atoms with E-state index in [1.54, 1.807) is 60.7 Å². The fraction of sp³-hybridized carbons (Fsp3) is 0.259. The smallest absolute Gasteiger partial charge is 0.252 e. The number of imide groups is 1. The number of nitrogens with zero attached hydrogens (tertiary/aromatic N) is 2. The van der Waals surface area contributed by atoms with Gasteiger partial charge in [-0.1, -0.05) is 24.3 Å². The Bertz CT molecular complexity index is 1380. The second kappa shape index (κ2) is 11.0. The van der Waals surface area contributed by atoms with Gasteiger partial charge in [0.15, 0.2) is 11.5 Å². The number of amides is 2. The first kappa shape index (κ1) is 26.2. The van der Waals surface area contributed by atoms with E-state index in [1.165, 1.54) is 33.5 Å². The second-order valence-corrected chi connectivity index (χ2v) is 10.2. The summed E-state index contributed by atoms with van der Waals surface area (Å²) in [5, 5.41) is 0. The lowest BCUT2D eigenvalue weighted by Gasteiger charge is -2.27. The Balaban J connectivity index is 1.67. The molecule has 0 spiro atoms. The van der Waals surface area contributed by atoms with Gasteiger partial charge in [0.1, 0.15) is 11.8 Å². The fourth-order valence-corrected chi connectivity index (χ4v) is 5.89. The first-order valence-electron chi connectivity index (χ1n) is 11.6. The van der Waals surface area contributed by atoms with Gasteiger partial charge in [-0.05, 0) is 60.5 Å². The normalized spacial score (nSPS) is 15.8. The molecule has 0 radical (unpaired) electrons. The molecule has 194 valence electrons. The average Bonchev–Trinajstić information content (AvgIpc) is 3.22. The molecule has 10 heteroatoms. The molecule has 1 aliphatic heterocycles. The zero-order valence-corrected chi connectivity index (χ0v) is 21.6. The Morgan fingerprint density at radius 1 is 0.865 bits per heavy atom. The highest BCUT2D eigenvalue weighted by atomic mass is 32.2. The molecule has 3 aromatic rings. The van der Waals surface area contributed by atoms with Gasteiger partial charge < -0.3 is 14.2 Å². The largest absolute Gasteiger partial charge is 0.497 e. The predicted molar refractivity (Wildman–Crippen MR) is 137 cm³/mol. The van der Waals surface area contributed by atoms with Crippen LogP contribution >= 0.6 is 0 Å². The van der Waals surface area contributed by atoms with Crippen molar-refractivity contribution in [2.75, 3.05) is 32.8 Å². The predicted octanol–water partition coefficient (Wildman–Crippen LogP) is 3.28. The monoisotopic (exact) mass is 524 g/mol. The zero-order valence-electron chi connectivity index (χ0n) is 20.8. The number of rotatable bonds is 10. The van der Waals surface area contributed by atoms with Crippen molar-refractivity contribution in [3.8, 4) is 17.2 Å². The van der Waals surface area contributed by atoms with Crippen LogP contribution in [0.4, 0.5) is 5.69 Å². The van der Waals surface area contributed by atoms with Gasteiger partial charge in [-0.25, -0.2) is 13.3 Å². The number of methoxy groups -OCH3 is 3. The number of hydrogen-bond donors (Lipinski definition) is 0. The Hall–Kier alpha value is -3.89. The molecule has 0 N–H and O–H groups in total. The van der Waals surface area contributed by atoms with Gasteiger partial charge in [0.25, 0.3) is 5.91 Å². The van der Waals surface area contributed by atoms with Crippen molar-refractivity contribution in [2.45, 2.75) is 23.8 Å². The van der Waals surface area contributed by atoms with Crippen LogP contribution in [0.5, 0.6) is 17.2 Å². The molecule has 3 aromatic carbocycles. The maximum absolute atomic E-state index is 13.7. The van der Waals surface area contributed by atoms with E-state index in [0.717, 1.165) is 14.8 Å². The lowest BCUT2D eigenvalue weighted by Crippen LogP contribution is -2.46. The van der Waals surface area contributed by atoms with E-state index in [0.29, 0.717) is 22.9 Å². The molecule has 0 saturated carbocycles. The summed E-state index contributed by atoms with van der Waals surface area (Å²) in [6.07, 6.45) is 0.0236. The molecule has 1 unspecified atom stereocenters. The maximum atomic E-state index is 13.7. The Morgan fingerprint density at radius 2 is 1.54 bits per heavy atom. The summed E-state index contributed by atoms with van der Waals surface area (Å²) >= 11 is 0. The molecule has 1 heterocycles. The summed E-state index contributed by atoms with van der Waals surface area (Å²) in [6, 6.07) is 18.5. The number of carbonyl (C=O) groups is 2. The molecule has 1 atom stereocenters. The van der Waals surface area contributed by atoms with Crippen LogP contribution in [0.25, 0.3) is 0 Å². The standard InChI is InChI=1S/C27H28N2O7S/c1-34-21-12-10-20(11-13-21)29-26(30)18-23(27(29)31)28(37(32,33)22-7-5-4-6-8-22)16-15-19-9-14-24(35-2)25(17-19)36-3/h4-14,17,23H,15-16,18H2,1-3H3. The summed E-state index contributed by atoms with van der Waals surface area (Å²) in [6.45, 7) is -0.0210. The van der Waals surface area contributed by atoms with Crippen LogP contribution in [0.3, 0.4) is 0 Å². The van der Waals surface area contributed by atoms with Gasteiger partial charge in [-0.3, -0.25) is 9.59 Å². The quantitative estimate of drug-likeness (QED) is 0.375. The molecular weight excluding hydrogens is 496 g/mol. The van der Waals surface area contributed by atoms with Crippen molar-refractivity contribution in [3.63, 3.8) is 0 Å². The van der Waals surface area contributed by atoms with E-state index in [-0.39, 0.29) is 24.3 Å². The molecule has 0 aromatic heterocycles. The number of hydrogen-bond acceptors (Lipinski definition) is 7. The topological polar surface area (TPSA) is 102 Å². The van der Waals surface area contributed by atoms with E-state index >= 15 is 0 Å². The van der Waals surface area contributed by atoms with Crippen LogP contribution in [0.15, 0.2) is 77.7 Å². The van der Waals surface area contributed by atoms with Crippen LogP contribution < -0.4 is 19.1 Å². The summed E-state index contributed by atoms with van der Waals surface area (Å²) in [4.78, 5) is 27.6. The number of sulfonamides is 1. The molecule has 1 fully saturated rings. The summed E-state index contributed by atoms with van der Waals surface area (Å²) in [5.74, 6) is 0.561. The molecule has 4 rings (SSSR count). The molecule has 9 nitrogen and oxygen atoms in total. The van der Waals surface area contributed by atoms with Crippen molar-refractivity contribution >= 4 is 27.5 Å². The first-order valence-corrected chi connectivity index (χ1v) is 13.0. The van der Waals surface area contributed by atoms with E-state index in [2.05, 4.69) is 0 Å². The highest BCUT2D eigenvalue weighted by molar-refractivity contribution is 7.89. The first-order chi connectivity index (χ1) is 17.8. The Morgan fingerprint density at radius 3 is 2.16 bits per heavy atom. The SMILES string of the molecule is COc1ccc(N2C(=O)CC(N(CCc3ccc(OC)c(OC)c3)S(=O)(=O)c3ccccc3)C2=O)cc1. The van der Waals surface area contributed by atoms with Crippen LogP contribution in [0.2, 0.25) is 0 Å². The Labute approximate surface area is 216 Å². The molecule has 1 aliphatic rings. The van der Waals surface area contributed by atoms with E-state index < -0.39 is 27.9 Å². The lowest BCUT2D eigenvalue weighted by atomic mass is 10.1. The van der Waals surface area contributed by atoms with Crippen LogP contribution in [-0.4, -0.2) is 58.5 Å². The average molecular weight is 525 g/mol. The molecular formula is C27H28N2O7S. The van der Waals surface area contributed by atoms with E-state index in [4.69, 9.17) is 14.2 Å². The molecule has 2 amide bonds. The van der Waals surface area contributed by atoms with Crippen molar-refractivity contribution in [1.29, 1.82) is 0 Å². The summed E-state index contributed by atoms with van der Waals surface area (Å²) in [5.41, 5.74) is 1.14. The van der Waals surface area contributed by atoms with Gasteiger partial charge in [0.05, 0.1) is 38.3 Å². The highest BCUT2D eigenvalue weighted by Gasteiger charge is 2.46.